The molecule has 0 radical (unpaired) electrons. The second kappa shape index (κ2) is 11.6. The van der Waals surface area contributed by atoms with Gasteiger partial charge in [0.25, 0.3) is 0 Å². The third-order valence-electron chi connectivity index (χ3n) is 4.11. The Labute approximate surface area is 185 Å². The molecular formula is C22H24N4O2S2. The number of amides is 1. The van der Waals surface area contributed by atoms with E-state index >= 15 is 0 Å². The fourth-order valence-corrected chi connectivity index (χ4v) is 4.45. The van der Waals surface area contributed by atoms with E-state index in [1.807, 2.05) is 47.0 Å². The molecule has 1 amide bonds. The number of para-hydroxylation sites is 1. The average molecular weight is 441 g/mol. The number of aromatic nitrogens is 3. The molecule has 30 heavy (non-hydrogen) atoms. The fourth-order valence-electron chi connectivity index (χ4n) is 2.72. The first-order chi connectivity index (χ1) is 14.7. The Kier molecular flexibility index (Phi) is 8.55. The number of thioether (sulfide) groups is 2. The van der Waals surface area contributed by atoms with Gasteiger partial charge in [-0.25, -0.2) is 0 Å². The van der Waals surface area contributed by atoms with Gasteiger partial charge in [0.2, 0.25) is 5.91 Å². The van der Waals surface area contributed by atoms with Crippen LogP contribution in [0.3, 0.4) is 0 Å². The predicted molar refractivity (Wildman–Crippen MR) is 123 cm³/mol. The van der Waals surface area contributed by atoms with Gasteiger partial charge in [0.1, 0.15) is 6.61 Å². The van der Waals surface area contributed by atoms with Gasteiger partial charge in [0, 0.05) is 24.3 Å². The maximum Gasteiger partial charge on any atom is 0.234 e. The van der Waals surface area contributed by atoms with E-state index in [0.717, 1.165) is 16.3 Å². The first kappa shape index (κ1) is 22.1. The highest BCUT2D eigenvalue weighted by atomic mass is 32.2. The smallest absolute Gasteiger partial charge is 0.234 e. The van der Waals surface area contributed by atoms with E-state index in [9.17, 15) is 4.79 Å². The standard InChI is InChI=1S/C22H24N4O2S2/c1-3-13-26-20(14-28-2)24-25-22(26)30-16-21(27)23-18-11-7-8-12-19(18)29-15-17-9-5-4-6-10-17/h3-12H,1,13-16H2,2H3,(H,23,27). The lowest BCUT2D eigenvalue weighted by Gasteiger charge is -2.11. The highest BCUT2D eigenvalue weighted by molar-refractivity contribution is 7.99. The van der Waals surface area contributed by atoms with Crippen LogP contribution in [0.25, 0.3) is 0 Å². The Hall–Kier alpha value is -2.55. The quantitative estimate of drug-likeness (QED) is 0.346. The number of nitrogens with one attached hydrogen (secondary N) is 1. The second-order valence-electron chi connectivity index (χ2n) is 6.34. The van der Waals surface area contributed by atoms with Crippen molar-refractivity contribution in [2.45, 2.75) is 29.0 Å². The molecule has 0 saturated heterocycles. The molecule has 1 N–H and O–H groups in total. The van der Waals surface area contributed by atoms with Crippen molar-refractivity contribution in [2.24, 2.45) is 0 Å². The number of nitrogens with zero attached hydrogens (tertiary/aromatic N) is 3. The zero-order chi connectivity index (χ0) is 21.2. The first-order valence-corrected chi connectivity index (χ1v) is 11.4. The molecule has 0 aliphatic rings. The zero-order valence-corrected chi connectivity index (χ0v) is 18.4. The summed E-state index contributed by atoms with van der Waals surface area (Å²) in [5, 5.41) is 12.0. The van der Waals surface area contributed by atoms with Gasteiger partial charge < -0.3 is 14.6 Å². The summed E-state index contributed by atoms with van der Waals surface area (Å²) in [5.41, 5.74) is 2.06. The molecule has 0 atom stereocenters. The third kappa shape index (κ3) is 6.22. The average Bonchev–Trinajstić information content (AvgIpc) is 3.14. The molecule has 8 heteroatoms. The van der Waals surface area contributed by atoms with Crippen LogP contribution in [0.2, 0.25) is 0 Å². The lowest BCUT2D eigenvalue weighted by atomic mass is 10.2. The Morgan fingerprint density at radius 3 is 2.67 bits per heavy atom. The highest BCUT2D eigenvalue weighted by Gasteiger charge is 2.14. The minimum absolute atomic E-state index is 0.0887. The second-order valence-corrected chi connectivity index (χ2v) is 8.30. The fraction of sp³-hybridized carbons (Fsp3) is 0.227. The van der Waals surface area contributed by atoms with Gasteiger partial charge in [0.05, 0.1) is 11.4 Å². The molecule has 3 rings (SSSR count). The minimum atomic E-state index is -0.0887. The third-order valence-corrected chi connectivity index (χ3v) is 6.22. The summed E-state index contributed by atoms with van der Waals surface area (Å²) in [6, 6.07) is 18.1. The minimum Gasteiger partial charge on any atom is -0.377 e. The van der Waals surface area contributed by atoms with Crippen molar-refractivity contribution in [3.05, 3.63) is 78.6 Å². The van der Waals surface area contributed by atoms with Gasteiger partial charge >= 0.3 is 0 Å². The van der Waals surface area contributed by atoms with Crippen LogP contribution in [0.1, 0.15) is 11.4 Å². The molecular weight excluding hydrogens is 416 g/mol. The number of benzene rings is 2. The lowest BCUT2D eigenvalue weighted by molar-refractivity contribution is -0.113. The van der Waals surface area contributed by atoms with E-state index < -0.39 is 0 Å². The summed E-state index contributed by atoms with van der Waals surface area (Å²) in [7, 11) is 1.61. The monoisotopic (exact) mass is 440 g/mol. The number of hydrogen-bond acceptors (Lipinski definition) is 6. The van der Waals surface area contributed by atoms with Crippen molar-refractivity contribution in [1.82, 2.24) is 14.8 Å². The van der Waals surface area contributed by atoms with Gasteiger partial charge in [-0.15, -0.1) is 28.5 Å². The van der Waals surface area contributed by atoms with Gasteiger partial charge in [-0.2, -0.15) is 0 Å². The van der Waals surface area contributed by atoms with Crippen molar-refractivity contribution in [1.29, 1.82) is 0 Å². The highest BCUT2D eigenvalue weighted by Crippen LogP contribution is 2.30. The number of allylic oxidation sites excluding steroid dienone is 1. The zero-order valence-electron chi connectivity index (χ0n) is 16.8. The molecule has 0 unspecified atom stereocenters. The number of carbonyl (C=O) groups is 1. The number of rotatable bonds is 11. The van der Waals surface area contributed by atoms with Crippen molar-refractivity contribution in [2.75, 3.05) is 18.2 Å². The van der Waals surface area contributed by atoms with Gasteiger partial charge in [-0.3, -0.25) is 4.79 Å². The molecule has 0 saturated carbocycles. The normalized spacial score (nSPS) is 10.7. The van der Waals surface area contributed by atoms with Crippen molar-refractivity contribution < 1.29 is 9.53 Å². The van der Waals surface area contributed by atoms with Crippen LogP contribution in [0.4, 0.5) is 5.69 Å². The largest absolute Gasteiger partial charge is 0.377 e. The Bertz CT molecular complexity index is 976. The Balaban J connectivity index is 1.60. The Morgan fingerprint density at radius 1 is 1.13 bits per heavy atom. The van der Waals surface area contributed by atoms with E-state index in [4.69, 9.17) is 4.74 Å². The van der Waals surface area contributed by atoms with Crippen LogP contribution in [0.5, 0.6) is 0 Å². The van der Waals surface area contributed by atoms with E-state index in [1.54, 1.807) is 24.9 Å². The maximum absolute atomic E-state index is 12.6. The number of ether oxygens (including phenoxy) is 1. The van der Waals surface area contributed by atoms with Crippen molar-refractivity contribution in [3.8, 4) is 0 Å². The van der Waals surface area contributed by atoms with Crippen molar-refractivity contribution >= 4 is 35.1 Å². The summed E-state index contributed by atoms with van der Waals surface area (Å²) in [4.78, 5) is 13.6. The van der Waals surface area contributed by atoms with Gasteiger partial charge in [-0.1, -0.05) is 60.3 Å². The van der Waals surface area contributed by atoms with Crippen LogP contribution in [0, 0.1) is 0 Å². The van der Waals surface area contributed by atoms with E-state index in [2.05, 4.69) is 34.2 Å². The van der Waals surface area contributed by atoms with Gasteiger partial charge in [-0.05, 0) is 17.7 Å². The first-order valence-electron chi connectivity index (χ1n) is 9.41. The molecule has 0 bridgehead atoms. The number of anilines is 1. The maximum atomic E-state index is 12.6. The summed E-state index contributed by atoms with van der Waals surface area (Å²) < 4.78 is 7.05. The molecule has 1 aromatic heterocycles. The molecule has 2 aromatic carbocycles. The molecule has 156 valence electrons. The van der Waals surface area contributed by atoms with Gasteiger partial charge in [0.15, 0.2) is 11.0 Å². The van der Waals surface area contributed by atoms with Crippen LogP contribution in [-0.2, 0) is 28.4 Å². The summed E-state index contributed by atoms with van der Waals surface area (Å²) in [5.74, 6) is 1.70. The van der Waals surface area contributed by atoms with E-state index in [-0.39, 0.29) is 11.7 Å². The van der Waals surface area contributed by atoms with Crippen LogP contribution in [0.15, 0.2) is 77.3 Å². The molecule has 3 aromatic rings. The molecule has 0 aliphatic carbocycles. The molecule has 0 fully saturated rings. The van der Waals surface area contributed by atoms with E-state index in [1.165, 1.54) is 17.3 Å². The Morgan fingerprint density at radius 2 is 1.90 bits per heavy atom. The summed E-state index contributed by atoms with van der Waals surface area (Å²) >= 11 is 3.05. The lowest BCUT2D eigenvalue weighted by Crippen LogP contribution is -2.15. The SMILES string of the molecule is C=CCn1c(COC)nnc1SCC(=O)Nc1ccccc1SCc1ccccc1. The number of carbonyl (C=O) groups excluding carboxylic acids is 1. The number of methoxy groups -OCH3 is 1. The van der Waals surface area contributed by atoms with Crippen molar-refractivity contribution in [3.63, 3.8) is 0 Å². The summed E-state index contributed by atoms with van der Waals surface area (Å²) in [6.07, 6.45) is 1.77. The molecule has 0 aliphatic heterocycles. The number of hydrogen-bond donors (Lipinski definition) is 1. The molecule has 6 nitrogen and oxygen atoms in total. The molecule has 1 heterocycles. The van der Waals surface area contributed by atoms with Crippen LogP contribution < -0.4 is 5.32 Å². The van der Waals surface area contributed by atoms with Crippen LogP contribution in [-0.4, -0.2) is 33.5 Å². The topological polar surface area (TPSA) is 69.0 Å². The molecule has 0 spiro atoms. The van der Waals surface area contributed by atoms with E-state index in [0.29, 0.717) is 24.1 Å². The predicted octanol–water partition coefficient (Wildman–Crippen LogP) is 4.63. The summed E-state index contributed by atoms with van der Waals surface area (Å²) in [6.45, 7) is 4.69. The van der Waals surface area contributed by atoms with Crippen LogP contribution >= 0.6 is 23.5 Å².